The van der Waals surface area contributed by atoms with E-state index in [9.17, 15) is 9.18 Å². The standard InChI is InChI=1S/C14H11BrFNO2/c15-11-3-5-12(6-4-11)19-8-10-2-1-9(14(17)18)7-13(10)16/h1-7H,8H2,(H2,17,18). The normalized spacial score (nSPS) is 10.2. The molecule has 0 aliphatic rings. The lowest BCUT2D eigenvalue weighted by atomic mass is 10.1. The summed E-state index contributed by atoms with van der Waals surface area (Å²) in [5.74, 6) is -0.519. The molecule has 5 heteroatoms. The van der Waals surface area contributed by atoms with Crippen LogP contribution in [0.15, 0.2) is 46.9 Å². The zero-order valence-corrected chi connectivity index (χ0v) is 11.5. The van der Waals surface area contributed by atoms with Crippen molar-refractivity contribution in [3.63, 3.8) is 0 Å². The maximum Gasteiger partial charge on any atom is 0.248 e. The molecule has 0 heterocycles. The molecule has 0 bridgehead atoms. The van der Waals surface area contributed by atoms with E-state index in [4.69, 9.17) is 10.5 Å². The summed E-state index contributed by atoms with van der Waals surface area (Å²) in [6.45, 7) is 0.0898. The number of primary amides is 1. The molecule has 2 aromatic carbocycles. The van der Waals surface area contributed by atoms with Crippen LogP contribution in [0.25, 0.3) is 0 Å². The van der Waals surface area contributed by atoms with E-state index in [1.54, 1.807) is 12.1 Å². The number of hydrogen-bond acceptors (Lipinski definition) is 2. The van der Waals surface area contributed by atoms with Crippen molar-refractivity contribution in [3.8, 4) is 5.75 Å². The summed E-state index contributed by atoms with van der Waals surface area (Å²) >= 11 is 3.32. The van der Waals surface area contributed by atoms with E-state index in [0.29, 0.717) is 11.3 Å². The SMILES string of the molecule is NC(=O)c1ccc(COc2ccc(Br)cc2)c(F)c1. The summed E-state index contributed by atoms with van der Waals surface area (Å²) in [6, 6.07) is 11.3. The minimum Gasteiger partial charge on any atom is -0.489 e. The molecule has 0 saturated heterocycles. The molecule has 0 atom stereocenters. The number of hydrogen-bond donors (Lipinski definition) is 1. The molecular formula is C14H11BrFNO2. The van der Waals surface area contributed by atoms with Crippen LogP contribution in [0.5, 0.6) is 5.75 Å². The lowest BCUT2D eigenvalue weighted by Gasteiger charge is -2.08. The molecule has 2 N–H and O–H groups in total. The predicted octanol–water partition coefficient (Wildman–Crippen LogP) is 3.27. The van der Waals surface area contributed by atoms with Crippen LogP contribution in [0.2, 0.25) is 0 Å². The number of amides is 1. The first-order chi connectivity index (χ1) is 9.06. The second-order valence-corrected chi connectivity index (χ2v) is 4.83. The molecule has 0 aliphatic heterocycles. The van der Waals surface area contributed by atoms with E-state index in [-0.39, 0.29) is 12.2 Å². The van der Waals surface area contributed by atoms with Crippen molar-refractivity contribution in [3.05, 3.63) is 63.9 Å². The van der Waals surface area contributed by atoms with Crippen molar-refractivity contribution < 1.29 is 13.9 Å². The Morgan fingerprint density at radius 1 is 1.21 bits per heavy atom. The number of rotatable bonds is 4. The number of benzene rings is 2. The van der Waals surface area contributed by atoms with Crippen molar-refractivity contribution in [1.29, 1.82) is 0 Å². The van der Waals surface area contributed by atoms with E-state index in [1.807, 2.05) is 12.1 Å². The van der Waals surface area contributed by atoms with Crippen molar-refractivity contribution in [2.45, 2.75) is 6.61 Å². The summed E-state index contributed by atoms with van der Waals surface area (Å²) in [4.78, 5) is 10.9. The number of ether oxygens (including phenoxy) is 1. The van der Waals surface area contributed by atoms with Crippen LogP contribution < -0.4 is 10.5 Å². The van der Waals surface area contributed by atoms with Crippen LogP contribution >= 0.6 is 15.9 Å². The van der Waals surface area contributed by atoms with E-state index < -0.39 is 11.7 Å². The van der Waals surface area contributed by atoms with Crippen LogP contribution in [0.4, 0.5) is 4.39 Å². The molecule has 1 amide bonds. The molecule has 0 radical (unpaired) electrons. The Labute approximate surface area is 118 Å². The van der Waals surface area contributed by atoms with Gasteiger partial charge in [-0.1, -0.05) is 22.0 Å². The van der Waals surface area contributed by atoms with E-state index in [0.717, 1.165) is 10.5 Å². The van der Waals surface area contributed by atoms with E-state index in [2.05, 4.69) is 15.9 Å². The van der Waals surface area contributed by atoms with Gasteiger partial charge in [0.25, 0.3) is 0 Å². The van der Waals surface area contributed by atoms with Gasteiger partial charge >= 0.3 is 0 Å². The average molecular weight is 324 g/mol. The lowest BCUT2D eigenvalue weighted by molar-refractivity contribution is 0.0999. The molecule has 2 aromatic rings. The third kappa shape index (κ3) is 3.54. The molecule has 98 valence electrons. The van der Waals surface area contributed by atoms with Crippen molar-refractivity contribution >= 4 is 21.8 Å². The number of carbonyl (C=O) groups excluding carboxylic acids is 1. The number of nitrogens with two attached hydrogens (primary N) is 1. The number of halogens is 2. The van der Waals surface area contributed by atoms with Gasteiger partial charge in [0.15, 0.2) is 0 Å². The van der Waals surface area contributed by atoms with E-state index >= 15 is 0 Å². The van der Waals surface area contributed by atoms with Gasteiger partial charge in [0.2, 0.25) is 5.91 Å². The second kappa shape index (κ2) is 5.84. The molecule has 0 unspecified atom stereocenters. The fourth-order valence-electron chi connectivity index (χ4n) is 1.51. The quantitative estimate of drug-likeness (QED) is 0.938. The summed E-state index contributed by atoms with van der Waals surface area (Å²) in [7, 11) is 0. The highest BCUT2D eigenvalue weighted by atomic mass is 79.9. The molecule has 0 fully saturated rings. The van der Waals surface area contributed by atoms with Gasteiger partial charge < -0.3 is 10.5 Å². The van der Waals surface area contributed by atoms with E-state index in [1.165, 1.54) is 12.1 Å². The first-order valence-electron chi connectivity index (χ1n) is 5.53. The van der Waals surface area contributed by atoms with Gasteiger partial charge in [-0.25, -0.2) is 4.39 Å². The molecule has 2 rings (SSSR count). The topological polar surface area (TPSA) is 52.3 Å². The van der Waals surface area contributed by atoms with Crippen LogP contribution in [0.1, 0.15) is 15.9 Å². The highest BCUT2D eigenvalue weighted by molar-refractivity contribution is 9.10. The van der Waals surface area contributed by atoms with Crippen molar-refractivity contribution in [2.75, 3.05) is 0 Å². The second-order valence-electron chi connectivity index (χ2n) is 3.91. The predicted molar refractivity (Wildman–Crippen MR) is 73.4 cm³/mol. The zero-order valence-electron chi connectivity index (χ0n) is 9.90. The molecule has 0 spiro atoms. The Kier molecular flexibility index (Phi) is 4.16. The van der Waals surface area contributed by atoms with Gasteiger partial charge in [0.05, 0.1) is 0 Å². The molecular weight excluding hydrogens is 313 g/mol. The fourth-order valence-corrected chi connectivity index (χ4v) is 1.77. The van der Waals surface area contributed by atoms with Gasteiger partial charge in [-0.15, -0.1) is 0 Å². The van der Waals surface area contributed by atoms with Crippen LogP contribution in [-0.2, 0) is 6.61 Å². The van der Waals surface area contributed by atoms with Crippen molar-refractivity contribution in [2.24, 2.45) is 5.73 Å². The van der Waals surface area contributed by atoms with Gasteiger partial charge in [-0.3, -0.25) is 4.79 Å². The third-order valence-electron chi connectivity index (χ3n) is 2.55. The summed E-state index contributed by atoms with van der Waals surface area (Å²) in [5, 5.41) is 0. The van der Waals surface area contributed by atoms with Crippen LogP contribution in [0.3, 0.4) is 0 Å². The average Bonchev–Trinajstić information content (AvgIpc) is 2.39. The molecule has 0 aromatic heterocycles. The largest absolute Gasteiger partial charge is 0.489 e. The summed E-state index contributed by atoms with van der Waals surface area (Å²) in [5.41, 5.74) is 5.58. The Bertz CT molecular complexity index is 599. The minimum absolute atomic E-state index is 0.0898. The maximum absolute atomic E-state index is 13.7. The van der Waals surface area contributed by atoms with Gasteiger partial charge in [0.1, 0.15) is 18.2 Å². The molecule has 0 aliphatic carbocycles. The van der Waals surface area contributed by atoms with Crippen LogP contribution in [0, 0.1) is 5.82 Å². The fraction of sp³-hybridized carbons (Fsp3) is 0.0714. The van der Waals surface area contributed by atoms with Gasteiger partial charge in [-0.05, 0) is 36.4 Å². The zero-order chi connectivity index (χ0) is 13.8. The smallest absolute Gasteiger partial charge is 0.248 e. The molecule has 19 heavy (non-hydrogen) atoms. The van der Waals surface area contributed by atoms with Gasteiger partial charge in [-0.2, -0.15) is 0 Å². The van der Waals surface area contributed by atoms with Gasteiger partial charge in [0, 0.05) is 15.6 Å². The highest BCUT2D eigenvalue weighted by Crippen LogP contribution is 2.18. The Hall–Kier alpha value is -1.88. The first-order valence-corrected chi connectivity index (χ1v) is 6.32. The maximum atomic E-state index is 13.7. The first kappa shape index (κ1) is 13.5. The highest BCUT2D eigenvalue weighted by Gasteiger charge is 2.07. The summed E-state index contributed by atoms with van der Waals surface area (Å²) in [6.07, 6.45) is 0. The summed E-state index contributed by atoms with van der Waals surface area (Å²) < 4.78 is 20.1. The monoisotopic (exact) mass is 323 g/mol. The van der Waals surface area contributed by atoms with Crippen LogP contribution in [-0.4, -0.2) is 5.91 Å². The third-order valence-corrected chi connectivity index (χ3v) is 3.07. The minimum atomic E-state index is -0.653. The Morgan fingerprint density at radius 2 is 1.89 bits per heavy atom. The lowest BCUT2D eigenvalue weighted by Crippen LogP contribution is -2.11. The van der Waals surface area contributed by atoms with Crippen molar-refractivity contribution in [1.82, 2.24) is 0 Å². The number of carbonyl (C=O) groups is 1. The molecule has 0 saturated carbocycles. The Morgan fingerprint density at radius 3 is 2.47 bits per heavy atom. The molecule has 3 nitrogen and oxygen atoms in total. The Balaban J connectivity index is 2.07.